The van der Waals surface area contributed by atoms with Crippen molar-refractivity contribution in [3.8, 4) is 0 Å². The molecule has 0 radical (unpaired) electrons. The monoisotopic (exact) mass is 422 g/mol. The van der Waals surface area contributed by atoms with Crippen LogP contribution in [0.3, 0.4) is 0 Å². The van der Waals surface area contributed by atoms with Crippen LogP contribution in [0.25, 0.3) is 0 Å². The first kappa shape index (κ1) is 21.5. The van der Waals surface area contributed by atoms with Crippen molar-refractivity contribution >= 4 is 54.7 Å². The SMILES string of the molecule is O=C(CS(=O)(=O)CCCl)N1CCN(C(=O)CS(=O)(=O)CCCl)CC1. The highest BCUT2D eigenvalue weighted by molar-refractivity contribution is 7.92. The normalized spacial score (nSPS) is 16.2. The Kier molecular flexibility index (Phi) is 8.24. The van der Waals surface area contributed by atoms with Gasteiger partial charge in [-0.2, -0.15) is 0 Å². The Morgan fingerprint density at radius 1 is 0.708 bits per heavy atom. The average molecular weight is 423 g/mol. The molecule has 1 rings (SSSR count). The van der Waals surface area contributed by atoms with Crippen molar-refractivity contribution in [2.45, 2.75) is 0 Å². The molecule has 1 aliphatic heterocycles. The molecule has 0 aromatic heterocycles. The van der Waals surface area contributed by atoms with Gasteiger partial charge in [-0.3, -0.25) is 9.59 Å². The molecule has 0 unspecified atom stereocenters. The predicted octanol–water partition coefficient (Wildman–Crippen LogP) is -1.04. The fourth-order valence-corrected chi connectivity index (χ4v) is 5.43. The summed E-state index contributed by atoms with van der Waals surface area (Å²) in [6, 6.07) is 0. The number of carbonyl (C=O) groups is 2. The zero-order valence-corrected chi connectivity index (χ0v) is 16.1. The molecular weight excluding hydrogens is 403 g/mol. The van der Waals surface area contributed by atoms with E-state index in [0.29, 0.717) is 0 Å². The summed E-state index contributed by atoms with van der Waals surface area (Å²) < 4.78 is 46.4. The van der Waals surface area contributed by atoms with Gasteiger partial charge in [-0.15, -0.1) is 23.2 Å². The minimum Gasteiger partial charge on any atom is -0.338 e. The Hall–Kier alpha value is -0.580. The van der Waals surface area contributed by atoms with Gasteiger partial charge in [-0.05, 0) is 0 Å². The molecule has 1 heterocycles. The van der Waals surface area contributed by atoms with Crippen LogP contribution >= 0.6 is 23.2 Å². The molecule has 24 heavy (non-hydrogen) atoms. The van der Waals surface area contributed by atoms with E-state index in [-0.39, 0.29) is 49.4 Å². The third-order valence-corrected chi connectivity index (χ3v) is 7.30. The number of alkyl halides is 2. The number of halogens is 2. The number of sulfone groups is 2. The van der Waals surface area contributed by atoms with E-state index in [9.17, 15) is 26.4 Å². The second-order valence-electron chi connectivity index (χ2n) is 5.32. The third kappa shape index (κ3) is 7.12. The standard InChI is InChI=1S/C12H20Cl2N2O6S2/c13-1-7-23(19,20)9-11(17)15-3-5-16(6-4-15)12(18)10-24(21,22)8-2-14/h1-10H2. The van der Waals surface area contributed by atoms with Gasteiger partial charge in [-0.1, -0.05) is 0 Å². The van der Waals surface area contributed by atoms with Crippen LogP contribution in [0.4, 0.5) is 0 Å². The van der Waals surface area contributed by atoms with Crippen molar-refractivity contribution in [3.05, 3.63) is 0 Å². The van der Waals surface area contributed by atoms with Crippen LogP contribution in [0.15, 0.2) is 0 Å². The van der Waals surface area contributed by atoms with Crippen LogP contribution in [-0.2, 0) is 29.3 Å². The van der Waals surface area contributed by atoms with Crippen LogP contribution in [0.1, 0.15) is 0 Å². The maximum atomic E-state index is 12.0. The fourth-order valence-electron chi connectivity index (χ4n) is 2.14. The highest BCUT2D eigenvalue weighted by Crippen LogP contribution is 2.06. The second kappa shape index (κ2) is 9.21. The Labute approximate surface area is 151 Å². The van der Waals surface area contributed by atoms with Gasteiger partial charge in [0.05, 0.1) is 11.5 Å². The maximum absolute atomic E-state index is 12.0. The van der Waals surface area contributed by atoms with Crippen molar-refractivity contribution in [3.63, 3.8) is 0 Å². The van der Waals surface area contributed by atoms with Gasteiger partial charge >= 0.3 is 0 Å². The zero-order chi connectivity index (χ0) is 18.4. The lowest BCUT2D eigenvalue weighted by Crippen LogP contribution is -2.53. The number of carbonyl (C=O) groups excluding carboxylic acids is 2. The maximum Gasteiger partial charge on any atom is 0.237 e. The quantitative estimate of drug-likeness (QED) is 0.462. The average Bonchev–Trinajstić information content (AvgIpc) is 2.46. The molecule has 1 saturated heterocycles. The summed E-state index contributed by atoms with van der Waals surface area (Å²) in [4.78, 5) is 26.6. The molecule has 1 fully saturated rings. The van der Waals surface area contributed by atoms with Crippen molar-refractivity contribution in [2.24, 2.45) is 0 Å². The molecule has 12 heteroatoms. The minimum atomic E-state index is -3.54. The van der Waals surface area contributed by atoms with Crippen LogP contribution in [0.5, 0.6) is 0 Å². The largest absolute Gasteiger partial charge is 0.338 e. The molecule has 0 spiro atoms. The van der Waals surface area contributed by atoms with Crippen LogP contribution in [0.2, 0.25) is 0 Å². The van der Waals surface area contributed by atoms with E-state index in [0.717, 1.165) is 0 Å². The van der Waals surface area contributed by atoms with E-state index in [2.05, 4.69) is 0 Å². The molecule has 0 atom stereocenters. The molecule has 0 N–H and O–H groups in total. The summed E-state index contributed by atoms with van der Waals surface area (Å²) in [5, 5.41) is 0. The van der Waals surface area contributed by atoms with E-state index >= 15 is 0 Å². The molecule has 0 saturated carbocycles. The summed E-state index contributed by atoms with van der Waals surface area (Å²) in [6.07, 6.45) is 0. The second-order valence-corrected chi connectivity index (χ2v) is 10.4. The van der Waals surface area contributed by atoms with Crippen LogP contribution in [-0.4, -0.2) is 99.4 Å². The zero-order valence-electron chi connectivity index (χ0n) is 13.0. The predicted molar refractivity (Wildman–Crippen MR) is 91.9 cm³/mol. The number of nitrogens with zero attached hydrogens (tertiary/aromatic N) is 2. The first-order valence-electron chi connectivity index (χ1n) is 7.18. The Morgan fingerprint density at radius 2 is 1.00 bits per heavy atom. The lowest BCUT2D eigenvalue weighted by atomic mass is 10.3. The van der Waals surface area contributed by atoms with Crippen molar-refractivity contribution in [1.82, 2.24) is 9.80 Å². The Balaban J connectivity index is 2.52. The number of rotatable bonds is 8. The lowest BCUT2D eigenvalue weighted by Gasteiger charge is -2.34. The molecule has 1 aliphatic rings. The number of hydrogen-bond donors (Lipinski definition) is 0. The van der Waals surface area contributed by atoms with Crippen molar-refractivity contribution in [2.75, 3.05) is 61.0 Å². The lowest BCUT2D eigenvalue weighted by molar-refractivity contribution is -0.136. The number of piperazine rings is 1. The molecule has 0 bridgehead atoms. The fraction of sp³-hybridized carbons (Fsp3) is 0.833. The van der Waals surface area contributed by atoms with E-state index in [1.807, 2.05) is 0 Å². The first-order chi connectivity index (χ1) is 11.1. The van der Waals surface area contributed by atoms with Gasteiger partial charge in [0, 0.05) is 37.9 Å². The molecular formula is C12H20Cl2N2O6S2. The first-order valence-corrected chi connectivity index (χ1v) is 11.9. The van der Waals surface area contributed by atoms with Crippen molar-refractivity contribution < 1.29 is 26.4 Å². The van der Waals surface area contributed by atoms with Gasteiger partial charge in [0.25, 0.3) is 0 Å². The summed E-state index contributed by atoms with van der Waals surface area (Å²) in [5.41, 5.74) is 0. The third-order valence-electron chi connectivity index (χ3n) is 3.45. The smallest absolute Gasteiger partial charge is 0.237 e. The highest BCUT2D eigenvalue weighted by atomic mass is 35.5. The van der Waals surface area contributed by atoms with Gasteiger partial charge in [0.15, 0.2) is 19.7 Å². The molecule has 2 amide bonds. The Morgan fingerprint density at radius 3 is 1.25 bits per heavy atom. The summed E-state index contributed by atoms with van der Waals surface area (Å²) in [6.45, 7) is 0.653. The minimum absolute atomic E-state index is 0.0747. The highest BCUT2D eigenvalue weighted by Gasteiger charge is 2.28. The van der Waals surface area contributed by atoms with E-state index in [1.165, 1.54) is 9.80 Å². The van der Waals surface area contributed by atoms with Crippen molar-refractivity contribution in [1.29, 1.82) is 0 Å². The molecule has 140 valence electrons. The van der Waals surface area contributed by atoms with Crippen LogP contribution < -0.4 is 0 Å². The summed E-state index contributed by atoms with van der Waals surface area (Å²) in [5.74, 6) is -2.99. The van der Waals surface area contributed by atoms with Crippen LogP contribution in [0, 0.1) is 0 Å². The van der Waals surface area contributed by atoms with E-state index in [1.54, 1.807) is 0 Å². The van der Waals surface area contributed by atoms with E-state index < -0.39 is 43.0 Å². The van der Waals surface area contributed by atoms with Gasteiger partial charge in [0.1, 0.15) is 11.5 Å². The summed E-state index contributed by atoms with van der Waals surface area (Å²) >= 11 is 10.8. The molecule has 0 aromatic rings. The van der Waals surface area contributed by atoms with Gasteiger partial charge in [-0.25, -0.2) is 16.8 Å². The molecule has 0 aliphatic carbocycles. The number of hydrogen-bond acceptors (Lipinski definition) is 6. The van der Waals surface area contributed by atoms with Gasteiger partial charge in [0.2, 0.25) is 11.8 Å². The molecule has 0 aromatic carbocycles. The number of amides is 2. The van der Waals surface area contributed by atoms with Gasteiger partial charge < -0.3 is 9.80 Å². The van der Waals surface area contributed by atoms with E-state index in [4.69, 9.17) is 23.2 Å². The summed E-state index contributed by atoms with van der Waals surface area (Å²) in [7, 11) is -7.07. The topological polar surface area (TPSA) is 109 Å². The molecule has 8 nitrogen and oxygen atoms in total. The Bertz CT molecular complexity index is 599.